The highest BCUT2D eigenvalue weighted by atomic mass is 16.5. The average molecular weight is 428 g/mol. The molecular weight excluding hydrogens is 402 g/mol. The topological polar surface area (TPSA) is 64.4 Å². The zero-order valence-corrected chi connectivity index (χ0v) is 18.1. The quantitative estimate of drug-likeness (QED) is 0.439. The van der Waals surface area contributed by atoms with Crippen molar-refractivity contribution in [3.05, 3.63) is 101 Å². The van der Waals surface area contributed by atoms with Crippen molar-refractivity contribution in [2.45, 2.75) is 19.9 Å². The molecule has 6 heteroatoms. The Balaban J connectivity index is 1.73. The molecule has 1 unspecified atom stereocenters. The Morgan fingerprint density at radius 3 is 2.28 bits per heavy atom. The molecule has 0 fully saturated rings. The van der Waals surface area contributed by atoms with E-state index in [1.165, 1.54) is 0 Å². The van der Waals surface area contributed by atoms with Gasteiger partial charge in [0.05, 0.1) is 22.6 Å². The predicted octanol–water partition coefficient (Wildman–Crippen LogP) is 4.37. The lowest BCUT2D eigenvalue weighted by Crippen LogP contribution is -2.39. The standard InChI is InChI=1S/C26H25N3O3/c1-3-28(24(30)18-32-21-14-8-5-9-15-21)19(2)25-27-23-17-11-10-16-22(23)26(31)29(25)20-12-6-4-7-13-20/h4-17,19H,3,18H2,1-2H3. The van der Waals surface area contributed by atoms with E-state index in [0.717, 1.165) is 0 Å². The van der Waals surface area contributed by atoms with E-state index in [9.17, 15) is 9.59 Å². The Kier molecular flexibility index (Phi) is 6.31. The second-order valence-electron chi connectivity index (χ2n) is 7.42. The number of benzene rings is 3. The normalized spacial score (nSPS) is 11.8. The van der Waals surface area contributed by atoms with Gasteiger partial charge in [-0.1, -0.05) is 48.5 Å². The second-order valence-corrected chi connectivity index (χ2v) is 7.42. The van der Waals surface area contributed by atoms with Crippen LogP contribution in [0.1, 0.15) is 25.7 Å². The Bertz CT molecular complexity index is 1270. The highest BCUT2D eigenvalue weighted by Crippen LogP contribution is 2.23. The maximum absolute atomic E-state index is 13.4. The average Bonchev–Trinajstić information content (AvgIpc) is 2.84. The van der Waals surface area contributed by atoms with Gasteiger partial charge >= 0.3 is 0 Å². The molecule has 1 atom stereocenters. The van der Waals surface area contributed by atoms with E-state index >= 15 is 0 Å². The highest BCUT2D eigenvalue weighted by molar-refractivity contribution is 5.79. The number of carbonyl (C=O) groups is 1. The molecule has 0 aliphatic carbocycles. The van der Waals surface area contributed by atoms with E-state index in [2.05, 4.69) is 0 Å². The van der Waals surface area contributed by atoms with Crippen molar-refractivity contribution >= 4 is 16.8 Å². The summed E-state index contributed by atoms with van der Waals surface area (Å²) in [5, 5.41) is 0.536. The highest BCUT2D eigenvalue weighted by Gasteiger charge is 2.26. The van der Waals surface area contributed by atoms with Crippen molar-refractivity contribution in [3.63, 3.8) is 0 Å². The van der Waals surface area contributed by atoms with Crippen molar-refractivity contribution < 1.29 is 9.53 Å². The fourth-order valence-electron chi connectivity index (χ4n) is 3.81. The number of fused-ring (bicyclic) bond motifs is 1. The maximum Gasteiger partial charge on any atom is 0.266 e. The summed E-state index contributed by atoms with van der Waals surface area (Å²) in [4.78, 5) is 33.0. The van der Waals surface area contributed by atoms with Crippen LogP contribution >= 0.6 is 0 Å². The number of nitrogens with zero attached hydrogens (tertiary/aromatic N) is 3. The molecule has 1 amide bonds. The molecular formula is C26H25N3O3. The first kappa shape index (κ1) is 21.3. The fraction of sp³-hybridized carbons (Fsp3) is 0.192. The molecule has 162 valence electrons. The number of likely N-dealkylation sites (N-methyl/N-ethyl adjacent to an activating group) is 1. The van der Waals surface area contributed by atoms with E-state index in [1.807, 2.05) is 92.7 Å². The van der Waals surface area contributed by atoms with Gasteiger partial charge in [0.2, 0.25) is 0 Å². The number of amides is 1. The van der Waals surface area contributed by atoms with E-state index in [1.54, 1.807) is 15.5 Å². The van der Waals surface area contributed by atoms with Crippen LogP contribution in [-0.4, -0.2) is 33.5 Å². The van der Waals surface area contributed by atoms with Gasteiger partial charge in [0.1, 0.15) is 11.6 Å². The van der Waals surface area contributed by atoms with Gasteiger partial charge in [-0.2, -0.15) is 0 Å². The second kappa shape index (κ2) is 9.47. The summed E-state index contributed by atoms with van der Waals surface area (Å²) in [6.45, 7) is 4.16. The lowest BCUT2D eigenvalue weighted by atomic mass is 10.2. The first-order valence-corrected chi connectivity index (χ1v) is 10.6. The molecule has 3 aromatic carbocycles. The molecule has 0 aliphatic rings. The number of ether oxygens (including phenoxy) is 1. The van der Waals surface area contributed by atoms with Crippen LogP contribution in [0.5, 0.6) is 5.75 Å². The van der Waals surface area contributed by atoms with Crippen LogP contribution in [0.4, 0.5) is 0 Å². The minimum Gasteiger partial charge on any atom is -0.484 e. The zero-order valence-electron chi connectivity index (χ0n) is 18.1. The molecule has 0 saturated carbocycles. The molecule has 0 radical (unpaired) electrons. The van der Waals surface area contributed by atoms with Gasteiger partial charge in [-0.25, -0.2) is 4.98 Å². The number of para-hydroxylation sites is 3. The third-order valence-electron chi connectivity index (χ3n) is 5.42. The Morgan fingerprint density at radius 1 is 0.969 bits per heavy atom. The smallest absolute Gasteiger partial charge is 0.266 e. The molecule has 0 N–H and O–H groups in total. The molecule has 6 nitrogen and oxygen atoms in total. The summed E-state index contributed by atoms with van der Waals surface area (Å²) in [7, 11) is 0. The molecule has 4 aromatic rings. The number of hydrogen-bond donors (Lipinski definition) is 0. The van der Waals surface area contributed by atoms with E-state index in [-0.39, 0.29) is 18.1 Å². The molecule has 0 saturated heterocycles. The van der Waals surface area contributed by atoms with Gasteiger partial charge in [-0.05, 0) is 50.2 Å². The van der Waals surface area contributed by atoms with Crippen LogP contribution in [0.15, 0.2) is 89.7 Å². The van der Waals surface area contributed by atoms with Gasteiger partial charge < -0.3 is 9.64 Å². The minimum atomic E-state index is -0.440. The van der Waals surface area contributed by atoms with Crippen LogP contribution < -0.4 is 10.3 Å². The summed E-state index contributed by atoms with van der Waals surface area (Å²) in [6, 6.07) is 25.4. The van der Waals surface area contributed by atoms with Crippen LogP contribution in [0.25, 0.3) is 16.6 Å². The number of rotatable bonds is 7. The first-order chi connectivity index (χ1) is 15.6. The third kappa shape index (κ3) is 4.25. The number of aromatic nitrogens is 2. The molecule has 0 bridgehead atoms. The Labute approximate surface area is 186 Å². The number of hydrogen-bond acceptors (Lipinski definition) is 4. The van der Waals surface area contributed by atoms with E-state index < -0.39 is 6.04 Å². The third-order valence-corrected chi connectivity index (χ3v) is 5.42. The predicted molar refractivity (Wildman–Crippen MR) is 125 cm³/mol. The lowest BCUT2D eigenvalue weighted by Gasteiger charge is -2.29. The Hall–Kier alpha value is -3.93. The van der Waals surface area contributed by atoms with Gasteiger partial charge in [-0.15, -0.1) is 0 Å². The van der Waals surface area contributed by atoms with Crippen LogP contribution in [0.3, 0.4) is 0 Å². The summed E-state index contributed by atoms with van der Waals surface area (Å²) >= 11 is 0. The minimum absolute atomic E-state index is 0.0919. The Morgan fingerprint density at radius 2 is 1.59 bits per heavy atom. The van der Waals surface area contributed by atoms with Crippen LogP contribution in [0, 0.1) is 0 Å². The van der Waals surface area contributed by atoms with Crippen molar-refractivity contribution in [2.24, 2.45) is 0 Å². The molecule has 0 spiro atoms. The molecule has 0 aliphatic heterocycles. The SMILES string of the molecule is CCN(C(=O)COc1ccccc1)C(C)c1nc2ccccc2c(=O)n1-c1ccccc1. The molecule has 1 heterocycles. The van der Waals surface area contributed by atoms with Gasteiger partial charge in [-0.3, -0.25) is 14.2 Å². The zero-order chi connectivity index (χ0) is 22.5. The van der Waals surface area contributed by atoms with Crippen LogP contribution in [0.2, 0.25) is 0 Å². The lowest BCUT2D eigenvalue weighted by molar-refractivity contribution is -0.135. The van der Waals surface area contributed by atoms with Crippen molar-refractivity contribution in [3.8, 4) is 11.4 Å². The van der Waals surface area contributed by atoms with Gasteiger partial charge in [0, 0.05) is 6.54 Å². The molecule has 32 heavy (non-hydrogen) atoms. The van der Waals surface area contributed by atoms with E-state index in [0.29, 0.717) is 34.7 Å². The fourth-order valence-corrected chi connectivity index (χ4v) is 3.81. The van der Waals surface area contributed by atoms with E-state index in [4.69, 9.17) is 9.72 Å². The summed E-state index contributed by atoms with van der Waals surface area (Å²) in [5.41, 5.74) is 1.16. The number of carbonyl (C=O) groups excluding carboxylic acids is 1. The summed E-state index contributed by atoms with van der Waals surface area (Å²) in [6.07, 6.45) is 0. The van der Waals surface area contributed by atoms with Gasteiger partial charge in [0.15, 0.2) is 6.61 Å². The molecule has 1 aromatic heterocycles. The first-order valence-electron chi connectivity index (χ1n) is 10.6. The largest absolute Gasteiger partial charge is 0.484 e. The van der Waals surface area contributed by atoms with Crippen molar-refractivity contribution in [1.82, 2.24) is 14.5 Å². The van der Waals surface area contributed by atoms with Gasteiger partial charge in [0.25, 0.3) is 11.5 Å². The van der Waals surface area contributed by atoms with Crippen LogP contribution in [-0.2, 0) is 4.79 Å². The molecule has 4 rings (SSSR count). The summed E-state index contributed by atoms with van der Waals surface area (Å²) in [5.74, 6) is 0.968. The van der Waals surface area contributed by atoms with Crippen molar-refractivity contribution in [1.29, 1.82) is 0 Å². The van der Waals surface area contributed by atoms with Crippen molar-refractivity contribution in [2.75, 3.05) is 13.2 Å². The maximum atomic E-state index is 13.4. The monoisotopic (exact) mass is 427 g/mol. The summed E-state index contributed by atoms with van der Waals surface area (Å²) < 4.78 is 7.26.